The molecule has 0 radical (unpaired) electrons. The fraction of sp³-hybridized carbons (Fsp3) is 0.250. The highest BCUT2D eigenvalue weighted by molar-refractivity contribution is 6.02. The number of rotatable bonds is 9. The summed E-state index contributed by atoms with van der Waals surface area (Å²) in [4.78, 5) is 42.9. The van der Waals surface area contributed by atoms with Gasteiger partial charge in [-0.1, -0.05) is 6.07 Å². The minimum atomic E-state index is -0.366. The summed E-state index contributed by atoms with van der Waals surface area (Å²) < 4.78 is 21.6. The fourth-order valence-electron chi connectivity index (χ4n) is 3.35. The summed E-state index contributed by atoms with van der Waals surface area (Å²) in [6, 6.07) is 11.8. The Labute approximate surface area is 195 Å². The molecule has 2 aromatic carbocycles. The van der Waals surface area contributed by atoms with E-state index in [4.69, 9.17) is 18.6 Å². The van der Waals surface area contributed by atoms with Gasteiger partial charge in [-0.05, 0) is 37.3 Å². The zero-order valence-electron chi connectivity index (χ0n) is 18.7. The largest absolute Gasteiger partial charge is 0.497 e. The van der Waals surface area contributed by atoms with Crippen LogP contribution in [0.25, 0.3) is 0 Å². The molecule has 0 bridgehead atoms. The third-order valence-electron chi connectivity index (χ3n) is 5.05. The Morgan fingerprint density at radius 2 is 2.00 bits per heavy atom. The van der Waals surface area contributed by atoms with Gasteiger partial charge in [0.05, 0.1) is 12.8 Å². The van der Waals surface area contributed by atoms with Crippen molar-refractivity contribution in [2.24, 2.45) is 0 Å². The molecule has 1 aromatic heterocycles. The van der Waals surface area contributed by atoms with E-state index in [1.807, 2.05) is 0 Å². The molecule has 4 rings (SSSR count). The highest BCUT2D eigenvalue weighted by atomic mass is 16.5. The van der Waals surface area contributed by atoms with E-state index in [1.54, 1.807) is 56.5 Å². The van der Waals surface area contributed by atoms with E-state index < -0.39 is 0 Å². The van der Waals surface area contributed by atoms with Crippen molar-refractivity contribution in [1.82, 2.24) is 10.3 Å². The van der Waals surface area contributed by atoms with Crippen molar-refractivity contribution < 1.29 is 33.0 Å². The first kappa shape index (κ1) is 22.8. The van der Waals surface area contributed by atoms with E-state index in [1.165, 1.54) is 11.2 Å². The molecule has 34 heavy (non-hydrogen) atoms. The van der Waals surface area contributed by atoms with Gasteiger partial charge in [0.15, 0.2) is 24.7 Å². The van der Waals surface area contributed by atoms with Crippen molar-refractivity contribution in [1.29, 1.82) is 0 Å². The lowest BCUT2D eigenvalue weighted by Gasteiger charge is -2.28. The second-order valence-electron chi connectivity index (χ2n) is 7.33. The molecule has 1 aliphatic rings. The Balaban J connectivity index is 1.50. The SMILES string of the molecule is CCNC(=O)c1coc(CN2C(=O)COc3ccc(C(=O)COc4cccc(OC)c4)cc32)n1. The van der Waals surface area contributed by atoms with Crippen LogP contribution in [0, 0.1) is 0 Å². The van der Waals surface area contributed by atoms with Crippen LogP contribution in [-0.4, -0.2) is 49.4 Å². The molecule has 0 fully saturated rings. The lowest BCUT2D eigenvalue weighted by Crippen LogP contribution is -2.38. The normalized spacial score (nSPS) is 12.5. The second-order valence-corrected chi connectivity index (χ2v) is 7.33. The lowest BCUT2D eigenvalue weighted by atomic mass is 10.1. The first-order chi connectivity index (χ1) is 16.5. The molecule has 0 saturated carbocycles. The number of ether oxygens (including phenoxy) is 3. The number of carbonyl (C=O) groups is 3. The van der Waals surface area contributed by atoms with E-state index in [2.05, 4.69) is 10.3 Å². The quantitative estimate of drug-likeness (QED) is 0.479. The third kappa shape index (κ3) is 5.01. The standard InChI is InChI=1S/C24H23N3O7/c1-3-25-24(30)18-12-34-22(26-18)11-27-19-9-15(7-8-21(19)33-14-23(27)29)20(28)13-32-17-6-4-5-16(10-17)31-2/h4-10,12H,3,11,13-14H2,1-2H3,(H,25,30). The number of Topliss-reactive ketones (excluding diaryl/α,β-unsaturated/α-hetero) is 1. The molecule has 1 N–H and O–H groups in total. The van der Waals surface area contributed by atoms with Crippen molar-refractivity contribution in [3.63, 3.8) is 0 Å². The molecule has 0 atom stereocenters. The number of aromatic nitrogens is 1. The van der Waals surface area contributed by atoms with Crippen LogP contribution in [0.15, 0.2) is 53.1 Å². The van der Waals surface area contributed by atoms with Crippen LogP contribution in [0.1, 0.15) is 33.7 Å². The van der Waals surface area contributed by atoms with E-state index in [-0.39, 0.29) is 48.9 Å². The Morgan fingerprint density at radius 1 is 1.18 bits per heavy atom. The Bertz CT molecular complexity index is 1220. The average molecular weight is 465 g/mol. The monoisotopic (exact) mass is 465 g/mol. The summed E-state index contributed by atoms with van der Waals surface area (Å²) in [5.74, 6) is 0.765. The van der Waals surface area contributed by atoms with Crippen LogP contribution in [0.3, 0.4) is 0 Å². The van der Waals surface area contributed by atoms with Crippen molar-refractivity contribution in [3.05, 3.63) is 65.9 Å². The van der Waals surface area contributed by atoms with Crippen LogP contribution in [0.4, 0.5) is 5.69 Å². The van der Waals surface area contributed by atoms with Crippen LogP contribution in [0.5, 0.6) is 17.2 Å². The molecular weight excluding hydrogens is 442 g/mol. The van der Waals surface area contributed by atoms with Crippen molar-refractivity contribution in [2.75, 3.05) is 31.8 Å². The predicted molar refractivity (Wildman–Crippen MR) is 120 cm³/mol. The molecule has 0 spiro atoms. The van der Waals surface area contributed by atoms with Gasteiger partial charge < -0.3 is 23.9 Å². The molecule has 3 aromatic rings. The number of benzene rings is 2. The van der Waals surface area contributed by atoms with E-state index >= 15 is 0 Å². The minimum absolute atomic E-state index is 0.0213. The number of amides is 2. The molecule has 10 nitrogen and oxygen atoms in total. The maximum Gasteiger partial charge on any atom is 0.273 e. The second kappa shape index (κ2) is 10.1. The fourth-order valence-corrected chi connectivity index (χ4v) is 3.35. The smallest absolute Gasteiger partial charge is 0.273 e. The molecule has 0 saturated heterocycles. The predicted octanol–water partition coefficient (Wildman–Crippen LogP) is 2.62. The first-order valence-electron chi connectivity index (χ1n) is 10.6. The van der Waals surface area contributed by atoms with Gasteiger partial charge in [-0.25, -0.2) is 4.98 Å². The highest BCUT2D eigenvalue weighted by Gasteiger charge is 2.28. The summed E-state index contributed by atoms with van der Waals surface area (Å²) in [6.07, 6.45) is 1.24. The van der Waals surface area contributed by atoms with Crippen molar-refractivity contribution >= 4 is 23.3 Å². The summed E-state index contributed by atoms with van der Waals surface area (Å²) in [6.45, 7) is 1.86. The average Bonchev–Trinajstić information content (AvgIpc) is 3.33. The molecule has 1 aliphatic heterocycles. The molecule has 0 aliphatic carbocycles. The summed E-state index contributed by atoms with van der Waals surface area (Å²) in [7, 11) is 1.55. The number of hydrogen-bond donors (Lipinski definition) is 1. The van der Waals surface area contributed by atoms with Gasteiger partial charge in [0, 0.05) is 18.2 Å². The van der Waals surface area contributed by atoms with Gasteiger partial charge in [-0.2, -0.15) is 0 Å². The zero-order valence-corrected chi connectivity index (χ0v) is 18.7. The molecule has 2 heterocycles. The number of carbonyl (C=O) groups excluding carboxylic acids is 3. The number of hydrogen-bond acceptors (Lipinski definition) is 8. The van der Waals surface area contributed by atoms with Gasteiger partial charge >= 0.3 is 0 Å². The van der Waals surface area contributed by atoms with Gasteiger partial charge in [0.1, 0.15) is 30.1 Å². The number of nitrogens with zero attached hydrogens (tertiary/aromatic N) is 2. The van der Waals surface area contributed by atoms with Gasteiger partial charge in [0.25, 0.3) is 11.8 Å². The van der Waals surface area contributed by atoms with E-state index in [0.717, 1.165) is 0 Å². The van der Waals surface area contributed by atoms with Gasteiger partial charge in [-0.15, -0.1) is 0 Å². The topological polar surface area (TPSA) is 120 Å². The zero-order chi connectivity index (χ0) is 24.1. The highest BCUT2D eigenvalue weighted by Crippen LogP contribution is 2.34. The number of methoxy groups -OCH3 is 1. The van der Waals surface area contributed by atoms with Crippen LogP contribution >= 0.6 is 0 Å². The maximum absolute atomic E-state index is 12.8. The number of ketones is 1. The molecule has 0 unspecified atom stereocenters. The summed E-state index contributed by atoms with van der Waals surface area (Å²) in [5, 5.41) is 2.63. The van der Waals surface area contributed by atoms with Crippen LogP contribution in [-0.2, 0) is 11.3 Å². The number of oxazole rings is 1. The number of nitrogens with one attached hydrogen (secondary N) is 1. The Kier molecular flexibility index (Phi) is 6.77. The van der Waals surface area contributed by atoms with Crippen LogP contribution in [0.2, 0.25) is 0 Å². The van der Waals surface area contributed by atoms with Crippen LogP contribution < -0.4 is 24.4 Å². The summed E-state index contributed by atoms with van der Waals surface area (Å²) >= 11 is 0. The van der Waals surface area contributed by atoms with Crippen molar-refractivity contribution in [3.8, 4) is 17.2 Å². The first-order valence-corrected chi connectivity index (χ1v) is 10.6. The number of anilines is 1. The summed E-state index contributed by atoms with van der Waals surface area (Å²) in [5.41, 5.74) is 0.873. The molecule has 2 amide bonds. The van der Waals surface area contributed by atoms with Crippen molar-refractivity contribution in [2.45, 2.75) is 13.5 Å². The third-order valence-corrected chi connectivity index (χ3v) is 5.05. The van der Waals surface area contributed by atoms with Gasteiger partial charge in [-0.3, -0.25) is 19.3 Å². The Morgan fingerprint density at radius 3 is 2.79 bits per heavy atom. The maximum atomic E-state index is 12.8. The lowest BCUT2D eigenvalue weighted by molar-refractivity contribution is -0.121. The Hall–Kier alpha value is -4.34. The van der Waals surface area contributed by atoms with E-state index in [0.29, 0.717) is 35.0 Å². The molecular formula is C24H23N3O7. The molecule has 176 valence electrons. The van der Waals surface area contributed by atoms with E-state index in [9.17, 15) is 14.4 Å². The minimum Gasteiger partial charge on any atom is -0.497 e. The number of fused-ring (bicyclic) bond motifs is 1. The van der Waals surface area contributed by atoms with Gasteiger partial charge in [0.2, 0.25) is 5.89 Å². The molecule has 10 heteroatoms.